The van der Waals surface area contributed by atoms with Crippen LogP contribution in [0.4, 0.5) is 0 Å². The summed E-state index contributed by atoms with van der Waals surface area (Å²) >= 11 is 0. The van der Waals surface area contributed by atoms with Gasteiger partial charge in [0.15, 0.2) is 0 Å². The summed E-state index contributed by atoms with van der Waals surface area (Å²) in [6, 6.07) is 7.88. The minimum Gasteiger partial charge on any atom is -0.355 e. The van der Waals surface area contributed by atoms with Crippen LogP contribution in [0.2, 0.25) is 0 Å². The molecule has 1 aliphatic heterocycles. The van der Waals surface area contributed by atoms with Gasteiger partial charge in [-0.05, 0) is 50.5 Å². The molecule has 0 spiro atoms. The lowest BCUT2D eigenvalue weighted by atomic mass is 9.97. The van der Waals surface area contributed by atoms with Gasteiger partial charge in [0.05, 0.1) is 16.5 Å². The lowest BCUT2D eigenvalue weighted by molar-refractivity contribution is -0.126. The zero-order chi connectivity index (χ0) is 21.4. The van der Waals surface area contributed by atoms with Crippen LogP contribution < -0.4 is 10.6 Å². The number of hydrogen-bond acceptors (Lipinski definition) is 5. The number of hydrogen-bond donors (Lipinski definition) is 2. The lowest BCUT2D eigenvalue weighted by Gasteiger charge is -2.30. The van der Waals surface area contributed by atoms with Crippen molar-refractivity contribution in [3.8, 4) is 6.07 Å². The van der Waals surface area contributed by atoms with E-state index in [0.29, 0.717) is 18.4 Å². The molecule has 1 fully saturated rings. The molecule has 1 unspecified atom stereocenters. The Hall–Kier alpha value is -2.44. The Balaban J connectivity index is 1.81. The average molecular weight is 421 g/mol. The Kier molecular flexibility index (Phi) is 8.17. The Morgan fingerprint density at radius 3 is 2.41 bits per heavy atom. The molecule has 2 amide bonds. The summed E-state index contributed by atoms with van der Waals surface area (Å²) in [5, 5.41) is 14.5. The molecule has 0 bridgehead atoms. The standard InChI is InChI=1S/C20H28N4O4S/c1-3-15(2)23-19(25)8-11-22-20(26)17-9-12-24(13-10-17)29(27,28)18-6-4-16(14-21)5-7-18/h4-7,15,17H,3,8-13H2,1-2H3,(H,22,26)(H,23,25). The molecule has 9 heteroatoms. The molecule has 8 nitrogen and oxygen atoms in total. The molecule has 1 atom stereocenters. The van der Waals surface area contributed by atoms with Crippen molar-refractivity contribution in [1.82, 2.24) is 14.9 Å². The number of rotatable bonds is 8. The van der Waals surface area contributed by atoms with Gasteiger partial charge < -0.3 is 10.6 Å². The fourth-order valence-electron chi connectivity index (χ4n) is 3.10. The number of carbonyl (C=O) groups is 2. The zero-order valence-electron chi connectivity index (χ0n) is 16.8. The van der Waals surface area contributed by atoms with Crippen molar-refractivity contribution < 1.29 is 18.0 Å². The number of piperidine rings is 1. The van der Waals surface area contributed by atoms with Crippen molar-refractivity contribution in [3.05, 3.63) is 29.8 Å². The van der Waals surface area contributed by atoms with Gasteiger partial charge in [-0.25, -0.2) is 8.42 Å². The predicted octanol–water partition coefficient (Wildman–Crippen LogP) is 1.38. The summed E-state index contributed by atoms with van der Waals surface area (Å²) in [5.74, 6) is -0.500. The zero-order valence-corrected chi connectivity index (χ0v) is 17.7. The number of benzene rings is 1. The van der Waals surface area contributed by atoms with Crippen LogP contribution in [0.3, 0.4) is 0 Å². The molecule has 2 N–H and O–H groups in total. The normalized spacial score (nSPS) is 16.6. The minimum atomic E-state index is -3.64. The lowest BCUT2D eigenvalue weighted by Crippen LogP contribution is -2.43. The second kappa shape index (κ2) is 10.4. The number of amides is 2. The molecule has 29 heavy (non-hydrogen) atoms. The molecule has 0 saturated carbocycles. The maximum atomic E-state index is 12.7. The summed E-state index contributed by atoms with van der Waals surface area (Å²) in [5.41, 5.74) is 0.400. The van der Waals surface area contributed by atoms with E-state index >= 15 is 0 Å². The van der Waals surface area contributed by atoms with Crippen LogP contribution in [0, 0.1) is 17.2 Å². The first-order valence-corrected chi connectivity index (χ1v) is 11.3. The molecular formula is C20H28N4O4S. The van der Waals surface area contributed by atoms with Gasteiger partial charge in [-0.2, -0.15) is 9.57 Å². The van der Waals surface area contributed by atoms with E-state index in [1.807, 2.05) is 19.9 Å². The first-order valence-electron chi connectivity index (χ1n) is 9.85. The van der Waals surface area contributed by atoms with Crippen molar-refractivity contribution in [3.63, 3.8) is 0 Å². The van der Waals surface area contributed by atoms with Gasteiger partial charge >= 0.3 is 0 Å². The van der Waals surface area contributed by atoms with Crippen LogP contribution >= 0.6 is 0 Å². The van der Waals surface area contributed by atoms with Crippen molar-refractivity contribution in [1.29, 1.82) is 5.26 Å². The second-order valence-corrected chi connectivity index (χ2v) is 9.17. The van der Waals surface area contributed by atoms with E-state index in [4.69, 9.17) is 5.26 Å². The van der Waals surface area contributed by atoms with E-state index in [0.717, 1.165) is 6.42 Å². The molecule has 1 heterocycles. The highest BCUT2D eigenvalue weighted by Gasteiger charge is 2.32. The molecule has 0 aliphatic carbocycles. The Morgan fingerprint density at radius 2 is 1.86 bits per heavy atom. The molecule has 2 rings (SSSR count). The third kappa shape index (κ3) is 6.27. The van der Waals surface area contributed by atoms with Crippen molar-refractivity contribution in [2.75, 3.05) is 19.6 Å². The highest BCUT2D eigenvalue weighted by Crippen LogP contribution is 2.24. The van der Waals surface area contributed by atoms with E-state index < -0.39 is 10.0 Å². The number of sulfonamides is 1. The monoisotopic (exact) mass is 420 g/mol. The van der Waals surface area contributed by atoms with Gasteiger partial charge in [0.2, 0.25) is 21.8 Å². The largest absolute Gasteiger partial charge is 0.355 e. The van der Waals surface area contributed by atoms with Gasteiger partial charge in [0.25, 0.3) is 0 Å². The molecule has 1 aromatic carbocycles. The van der Waals surface area contributed by atoms with Crippen molar-refractivity contribution >= 4 is 21.8 Å². The van der Waals surface area contributed by atoms with E-state index in [1.54, 1.807) is 0 Å². The van der Waals surface area contributed by atoms with Crippen LogP contribution in [-0.4, -0.2) is 50.2 Å². The van der Waals surface area contributed by atoms with Crippen LogP contribution in [0.1, 0.15) is 45.1 Å². The van der Waals surface area contributed by atoms with E-state index in [-0.39, 0.29) is 54.7 Å². The Labute approximate surface area is 172 Å². The van der Waals surface area contributed by atoms with E-state index in [2.05, 4.69) is 10.6 Å². The van der Waals surface area contributed by atoms with E-state index in [9.17, 15) is 18.0 Å². The predicted molar refractivity (Wildman–Crippen MR) is 108 cm³/mol. The Bertz CT molecular complexity index is 853. The topological polar surface area (TPSA) is 119 Å². The van der Waals surface area contributed by atoms with Gasteiger partial charge in [-0.3, -0.25) is 9.59 Å². The maximum absolute atomic E-state index is 12.7. The highest BCUT2D eigenvalue weighted by molar-refractivity contribution is 7.89. The first kappa shape index (κ1) is 22.8. The van der Waals surface area contributed by atoms with Gasteiger partial charge in [-0.15, -0.1) is 0 Å². The molecule has 0 radical (unpaired) electrons. The van der Waals surface area contributed by atoms with Crippen LogP contribution in [0.5, 0.6) is 0 Å². The summed E-state index contributed by atoms with van der Waals surface area (Å²) in [6.45, 7) is 4.70. The van der Waals surface area contributed by atoms with Crippen LogP contribution in [0.15, 0.2) is 29.2 Å². The number of carbonyl (C=O) groups excluding carboxylic acids is 2. The van der Waals surface area contributed by atoms with Gasteiger partial charge in [-0.1, -0.05) is 6.92 Å². The molecular weight excluding hydrogens is 392 g/mol. The molecule has 158 valence electrons. The minimum absolute atomic E-state index is 0.0945. The second-order valence-electron chi connectivity index (χ2n) is 7.23. The highest BCUT2D eigenvalue weighted by atomic mass is 32.2. The SMILES string of the molecule is CCC(C)NC(=O)CCNC(=O)C1CCN(S(=O)(=O)c2ccc(C#N)cc2)CC1. The smallest absolute Gasteiger partial charge is 0.243 e. The van der Waals surface area contributed by atoms with Crippen LogP contribution in [-0.2, 0) is 19.6 Å². The molecule has 1 aromatic rings. The quantitative estimate of drug-likeness (QED) is 0.658. The van der Waals surface area contributed by atoms with Crippen molar-refractivity contribution in [2.24, 2.45) is 5.92 Å². The fourth-order valence-corrected chi connectivity index (χ4v) is 4.57. The summed E-state index contributed by atoms with van der Waals surface area (Å²) in [6.07, 6.45) is 1.94. The molecule has 1 saturated heterocycles. The van der Waals surface area contributed by atoms with Gasteiger partial charge in [0, 0.05) is 38.0 Å². The first-order chi connectivity index (χ1) is 13.8. The third-order valence-electron chi connectivity index (χ3n) is 5.12. The molecule has 0 aromatic heterocycles. The van der Waals surface area contributed by atoms with Crippen LogP contribution in [0.25, 0.3) is 0 Å². The summed E-state index contributed by atoms with van der Waals surface area (Å²) < 4.78 is 26.8. The average Bonchev–Trinajstić information content (AvgIpc) is 2.73. The van der Waals surface area contributed by atoms with Crippen molar-refractivity contribution in [2.45, 2.75) is 50.5 Å². The Morgan fingerprint density at radius 1 is 1.24 bits per heavy atom. The number of nitrogens with zero attached hydrogens (tertiary/aromatic N) is 2. The third-order valence-corrected chi connectivity index (χ3v) is 7.03. The number of nitriles is 1. The van der Waals surface area contributed by atoms with E-state index in [1.165, 1.54) is 28.6 Å². The number of nitrogens with one attached hydrogen (secondary N) is 2. The summed E-state index contributed by atoms with van der Waals surface area (Å²) in [4.78, 5) is 24.2. The van der Waals surface area contributed by atoms with Gasteiger partial charge in [0.1, 0.15) is 0 Å². The fraction of sp³-hybridized carbons (Fsp3) is 0.550. The maximum Gasteiger partial charge on any atom is 0.243 e. The molecule has 1 aliphatic rings. The summed E-state index contributed by atoms with van der Waals surface area (Å²) in [7, 11) is -3.64.